The molecular weight excluding hydrogens is 300 g/mol. The minimum atomic E-state index is -2.77. The monoisotopic (exact) mass is 313 g/mol. The molecular formula is C12H13F2N5OS. The molecule has 3 rings (SSSR count). The number of aromatic nitrogens is 4. The third-order valence-corrected chi connectivity index (χ3v) is 4.25. The van der Waals surface area contributed by atoms with Crippen LogP contribution in [-0.4, -0.2) is 25.0 Å². The third kappa shape index (κ3) is 2.53. The van der Waals surface area contributed by atoms with Crippen molar-refractivity contribution in [1.82, 2.24) is 19.1 Å². The SMILES string of the molecule is Cn1ncc(C(=O)Nc2nc(C3(C)CC3)ns2)c1C(F)F. The van der Waals surface area contributed by atoms with Crippen molar-refractivity contribution < 1.29 is 13.6 Å². The van der Waals surface area contributed by atoms with Crippen molar-refractivity contribution in [3.8, 4) is 0 Å². The van der Waals surface area contributed by atoms with Gasteiger partial charge < -0.3 is 0 Å². The molecule has 112 valence electrons. The normalized spacial score (nSPS) is 16.2. The topological polar surface area (TPSA) is 72.7 Å². The van der Waals surface area contributed by atoms with Crippen LogP contribution in [0.5, 0.6) is 0 Å². The van der Waals surface area contributed by atoms with Gasteiger partial charge in [-0.3, -0.25) is 14.8 Å². The van der Waals surface area contributed by atoms with Crippen LogP contribution in [0.3, 0.4) is 0 Å². The molecule has 0 saturated heterocycles. The molecule has 0 radical (unpaired) electrons. The van der Waals surface area contributed by atoms with E-state index in [4.69, 9.17) is 0 Å². The second-order valence-corrected chi connectivity index (χ2v) is 6.06. The van der Waals surface area contributed by atoms with Crippen LogP contribution >= 0.6 is 11.5 Å². The van der Waals surface area contributed by atoms with Crippen molar-refractivity contribution in [2.45, 2.75) is 31.6 Å². The highest BCUT2D eigenvalue weighted by Gasteiger charge is 2.43. The average Bonchev–Trinajstić information content (AvgIpc) is 2.87. The van der Waals surface area contributed by atoms with Crippen molar-refractivity contribution in [3.05, 3.63) is 23.3 Å². The van der Waals surface area contributed by atoms with Gasteiger partial charge in [0.1, 0.15) is 5.69 Å². The van der Waals surface area contributed by atoms with E-state index >= 15 is 0 Å². The van der Waals surface area contributed by atoms with Crippen LogP contribution in [0.4, 0.5) is 13.9 Å². The first kappa shape index (κ1) is 14.1. The average molecular weight is 313 g/mol. The lowest BCUT2D eigenvalue weighted by molar-refractivity contribution is 0.100. The summed E-state index contributed by atoms with van der Waals surface area (Å²) in [6.07, 6.45) is 0.402. The van der Waals surface area contributed by atoms with Gasteiger partial charge >= 0.3 is 0 Å². The van der Waals surface area contributed by atoms with Gasteiger partial charge in [-0.1, -0.05) is 6.92 Å². The highest BCUT2D eigenvalue weighted by atomic mass is 32.1. The molecule has 1 aliphatic rings. The molecule has 1 amide bonds. The number of amides is 1. The molecule has 9 heteroatoms. The Balaban J connectivity index is 1.79. The third-order valence-electron chi connectivity index (χ3n) is 3.62. The fourth-order valence-corrected chi connectivity index (χ4v) is 2.68. The van der Waals surface area contributed by atoms with E-state index in [0.29, 0.717) is 11.0 Å². The van der Waals surface area contributed by atoms with E-state index in [2.05, 4.69) is 26.7 Å². The molecule has 0 spiro atoms. The fraction of sp³-hybridized carbons (Fsp3) is 0.500. The van der Waals surface area contributed by atoms with Crippen LogP contribution in [0.1, 0.15) is 48.1 Å². The van der Waals surface area contributed by atoms with E-state index in [1.165, 1.54) is 7.05 Å². The van der Waals surface area contributed by atoms with Gasteiger partial charge in [0.25, 0.3) is 12.3 Å². The number of carbonyl (C=O) groups excluding carboxylic acids is 1. The van der Waals surface area contributed by atoms with Gasteiger partial charge in [0.15, 0.2) is 5.82 Å². The van der Waals surface area contributed by atoms with Crippen LogP contribution in [0.25, 0.3) is 0 Å². The van der Waals surface area contributed by atoms with E-state index in [1.807, 2.05) is 0 Å². The first-order valence-electron chi connectivity index (χ1n) is 6.36. The predicted molar refractivity (Wildman–Crippen MR) is 72.6 cm³/mol. The number of halogens is 2. The smallest absolute Gasteiger partial charge is 0.280 e. The molecule has 0 aromatic carbocycles. The summed E-state index contributed by atoms with van der Waals surface area (Å²) < 4.78 is 31.0. The lowest BCUT2D eigenvalue weighted by Gasteiger charge is -2.04. The zero-order valence-electron chi connectivity index (χ0n) is 11.4. The van der Waals surface area contributed by atoms with Crippen LogP contribution in [0.15, 0.2) is 6.20 Å². The van der Waals surface area contributed by atoms with Gasteiger partial charge in [0.2, 0.25) is 5.13 Å². The second kappa shape index (κ2) is 4.83. The number of nitrogens with zero attached hydrogens (tertiary/aromatic N) is 4. The van der Waals surface area contributed by atoms with Crippen molar-refractivity contribution in [2.24, 2.45) is 7.05 Å². The van der Waals surface area contributed by atoms with Gasteiger partial charge in [0.05, 0.1) is 11.8 Å². The number of rotatable bonds is 4. The molecule has 1 fully saturated rings. The molecule has 1 N–H and O–H groups in total. The summed E-state index contributed by atoms with van der Waals surface area (Å²) in [6.45, 7) is 2.05. The standard InChI is InChI=1S/C12H13F2N5OS/c1-12(3-4-12)10-17-11(21-18-10)16-9(20)6-5-15-19(2)7(6)8(13)14/h5,8H,3-4H2,1-2H3,(H,16,17,18,20). The van der Waals surface area contributed by atoms with E-state index < -0.39 is 18.0 Å². The van der Waals surface area contributed by atoms with Gasteiger partial charge in [-0.05, 0) is 12.8 Å². The Morgan fingerprint density at radius 3 is 2.86 bits per heavy atom. The predicted octanol–water partition coefficient (Wildman–Crippen LogP) is 2.51. The summed E-state index contributed by atoms with van der Waals surface area (Å²) in [5, 5.41) is 6.52. The maximum atomic E-state index is 12.9. The Morgan fingerprint density at radius 1 is 1.52 bits per heavy atom. The molecule has 1 aliphatic carbocycles. The summed E-state index contributed by atoms with van der Waals surface area (Å²) in [7, 11) is 1.37. The van der Waals surface area contributed by atoms with Crippen molar-refractivity contribution in [3.63, 3.8) is 0 Å². The minimum Gasteiger partial charge on any atom is -0.296 e. The molecule has 0 bridgehead atoms. The van der Waals surface area contributed by atoms with E-state index in [0.717, 1.165) is 35.3 Å². The van der Waals surface area contributed by atoms with E-state index in [9.17, 15) is 13.6 Å². The number of anilines is 1. The van der Waals surface area contributed by atoms with Crippen LogP contribution in [0.2, 0.25) is 0 Å². The summed E-state index contributed by atoms with van der Waals surface area (Å²) in [6, 6.07) is 0. The molecule has 1 saturated carbocycles. The molecule has 2 heterocycles. The molecule has 2 aromatic heterocycles. The summed E-state index contributed by atoms with van der Waals surface area (Å²) in [5.74, 6) is 0.0464. The molecule has 2 aromatic rings. The fourth-order valence-electron chi connectivity index (χ4n) is 1.98. The Morgan fingerprint density at radius 2 is 2.24 bits per heavy atom. The number of aryl methyl sites for hydroxylation is 1. The highest BCUT2D eigenvalue weighted by molar-refractivity contribution is 7.09. The Bertz CT molecular complexity index is 692. The summed E-state index contributed by atoms with van der Waals surface area (Å²) in [5.41, 5.74) is -0.560. The van der Waals surface area contributed by atoms with Crippen LogP contribution in [-0.2, 0) is 12.5 Å². The highest BCUT2D eigenvalue weighted by Crippen LogP contribution is 2.46. The van der Waals surface area contributed by atoms with Gasteiger partial charge in [0, 0.05) is 24.0 Å². The molecule has 6 nitrogen and oxygen atoms in total. The maximum Gasteiger partial charge on any atom is 0.280 e. The Hall–Kier alpha value is -1.90. The maximum absolute atomic E-state index is 12.9. The Kier molecular flexibility index (Phi) is 3.23. The molecule has 0 unspecified atom stereocenters. The second-order valence-electron chi connectivity index (χ2n) is 5.31. The van der Waals surface area contributed by atoms with Crippen LogP contribution < -0.4 is 5.32 Å². The number of nitrogens with one attached hydrogen (secondary N) is 1. The number of carbonyl (C=O) groups is 1. The molecule has 0 atom stereocenters. The summed E-state index contributed by atoms with van der Waals surface area (Å²) in [4.78, 5) is 16.3. The van der Waals surface area contributed by atoms with E-state index in [-0.39, 0.29) is 11.0 Å². The lowest BCUT2D eigenvalue weighted by Crippen LogP contribution is -2.14. The minimum absolute atomic E-state index is 0.00190. The first-order chi connectivity index (χ1) is 9.90. The zero-order chi connectivity index (χ0) is 15.2. The first-order valence-corrected chi connectivity index (χ1v) is 7.13. The van der Waals surface area contributed by atoms with Crippen molar-refractivity contribution >= 4 is 22.6 Å². The van der Waals surface area contributed by atoms with Crippen molar-refractivity contribution in [1.29, 1.82) is 0 Å². The molecule has 21 heavy (non-hydrogen) atoms. The molecule has 0 aliphatic heterocycles. The largest absolute Gasteiger partial charge is 0.296 e. The number of alkyl halides is 2. The number of hydrogen-bond acceptors (Lipinski definition) is 5. The van der Waals surface area contributed by atoms with Gasteiger partial charge in [-0.25, -0.2) is 13.8 Å². The lowest BCUT2D eigenvalue weighted by atomic mass is 10.1. The van der Waals surface area contributed by atoms with Crippen molar-refractivity contribution in [2.75, 3.05) is 5.32 Å². The zero-order valence-corrected chi connectivity index (χ0v) is 12.2. The number of hydrogen-bond donors (Lipinski definition) is 1. The summed E-state index contributed by atoms with van der Waals surface area (Å²) >= 11 is 1.05. The van der Waals surface area contributed by atoms with Gasteiger partial charge in [-0.15, -0.1) is 0 Å². The van der Waals surface area contributed by atoms with Crippen LogP contribution in [0, 0.1) is 0 Å². The van der Waals surface area contributed by atoms with E-state index in [1.54, 1.807) is 0 Å². The van der Waals surface area contributed by atoms with Gasteiger partial charge in [-0.2, -0.15) is 9.47 Å². The Labute approximate surface area is 123 Å². The quantitative estimate of drug-likeness (QED) is 0.941.